The molecule has 0 aliphatic carbocycles. The SMILES string of the molecule is COc1cc(Cl)c(Cl)cc1C(=O)N(C)CCC(=O)O. The van der Waals surface area contributed by atoms with Gasteiger partial charge in [0.25, 0.3) is 5.91 Å². The normalized spacial score (nSPS) is 10.1. The van der Waals surface area contributed by atoms with E-state index in [9.17, 15) is 9.59 Å². The maximum absolute atomic E-state index is 12.2. The van der Waals surface area contributed by atoms with Crippen LogP contribution < -0.4 is 4.74 Å². The number of methoxy groups -OCH3 is 1. The lowest BCUT2D eigenvalue weighted by atomic mass is 10.1. The molecule has 1 aromatic rings. The largest absolute Gasteiger partial charge is 0.496 e. The van der Waals surface area contributed by atoms with Crippen LogP contribution in [-0.2, 0) is 4.79 Å². The van der Waals surface area contributed by atoms with E-state index in [2.05, 4.69) is 0 Å². The predicted octanol–water partition coefficient (Wildman–Crippen LogP) is 2.55. The van der Waals surface area contributed by atoms with Crippen molar-refractivity contribution in [2.75, 3.05) is 20.7 Å². The lowest BCUT2D eigenvalue weighted by molar-refractivity contribution is -0.137. The number of amides is 1. The molecule has 0 aliphatic rings. The second kappa shape index (κ2) is 6.63. The third-order valence-corrected chi connectivity index (χ3v) is 3.20. The number of carbonyl (C=O) groups is 2. The first kappa shape index (κ1) is 15.6. The highest BCUT2D eigenvalue weighted by Gasteiger charge is 2.19. The Labute approximate surface area is 120 Å². The highest BCUT2D eigenvalue weighted by Crippen LogP contribution is 2.31. The number of carboxylic acid groups (broad SMARTS) is 1. The van der Waals surface area contributed by atoms with E-state index in [-0.39, 0.29) is 34.5 Å². The third kappa shape index (κ3) is 4.01. The van der Waals surface area contributed by atoms with Gasteiger partial charge in [-0.3, -0.25) is 9.59 Å². The molecule has 0 aromatic heterocycles. The minimum absolute atomic E-state index is 0.0948. The molecule has 0 radical (unpaired) electrons. The molecule has 0 aliphatic heterocycles. The van der Waals surface area contributed by atoms with E-state index in [1.165, 1.54) is 31.2 Å². The zero-order valence-corrected chi connectivity index (χ0v) is 12.0. The summed E-state index contributed by atoms with van der Waals surface area (Å²) in [6, 6.07) is 2.85. The molecule has 0 unspecified atom stereocenters. The van der Waals surface area contributed by atoms with Crippen LogP contribution in [0.1, 0.15) is 16.8 Å². The Morgan fingerprint density at radius 1 is 1.32 bits per heavy atom. The van der Waals surface area contributed by atoms with Gasteiger partial charge in [-0.15, -0.1) is 0 Å². The van der Waals surface area contributed by atoms with Crippen LogP contribution in [0.2, 0.25) is 10.0 Å². The van der Waals surface area contributed by atoms with Crippen molar-refractivity contribution < 1.29 is 19.4 Å². The van der Waals surface area contributed by atoms with Gasteiger partial charge >= 0.3 is 5.97 Å². The molecule has 1 rings (SSSR count). The van der Waals surface area contributed by atoms with Crippen LogP contribution in [0.25, 0.3) is 0 Å². The summed E-state index contributed by atoms with van der Waals surface area (Å²) >= 11 is 11.7. The van der Waals surface area contributed by atoms with Crippen molar-refractivity contribution in [3.05, 3.63) is 27.7 Å². The van der Waals surface area contributed by atoms with Crippen LogP contribution >= 0.6 is 23.2 Å². The third-order valence-electron chi connectivity index (χ3n) is 2.48. The molecular formula is C12H13Cl2NO4. The summed E-state index contributed by atoms with van der Waals surface area (Å²) in [7, 11) is 2.92. The molecule has 7 heteroatoms. The maximum atomic E-state index is 12.2. The molecular weight excluding hydrogens is 293 g/mol. The van der Waals surface area contributed by atoms with Gasteiger partial charge in [0.2, 0.25) is 0 Å². The van der Waals surface area contributed by atoms with E-state index in [1.54, 1.807) is 0 Å². The highest BCUT2D eigenvalue weighted by atomic mass is 35.5. The highest BCUT2D eigenvalue weighted by molar-refractivity contribution is 6.42. The molecule has 0 saturated carbocycles. The number of halogens is 2. The molecule has 5 nitrogen and oxygen atoms in total. The number of benzene rings is 1. The van der Waals surface area contributed by atoms with Crippen LogP contribution in [0, 0.1) is 0 Å². The van der Waals surface area contributed by atoms with E-state index in [0.717, 1.165) is 0 Å². The molecule has 1 aromatic carbocycles. The van der Waals surface area contributed by atoms with Gasteiger partial charge in [-0.2, -0.15) is 0 Å². The summed E-state index contributed by atoms with van der Waals surface area (Å²) in [6.07, 6.45) is -0.133. The van der Waals surface area contributed by atoms with Gasteiger partial charge in [0, 0.05) is 19.7 Å². The van der Waals surface area contributed by atoms with Crippen molar-refractivity contribution in [1.82, 2.24) is 4.90 Å². The molecule has 104 valence electrons. The Bertz CT molecular complexity index is 505. The van der Waals surface area contributed by atoms with Crippen LogP contribution in [0.4, 0.5) is 0 Å². The smallest absolute Gasteiger partial charge is 0.305 e. The summed E-state index contributed by atoms with van der Waals surface area (Å²) in [5.41, 5.74) is 0.241. The summed E-state index contributed by atoms with van der Waals surface area (Å²) in [5.74, 6) is -1.06. The van der Waals surface area contributed by atoms with Crippen molar-refractivity contribution in [2.45, 2.75) is 6.42 Å². The minimum Gasteiger partial charge on any atom is -0.496 e. The first-order valence-electron chi connectivity index (χ1n) is 5.37. The van der Waals surface area contributed by atoms with E-state index >= 15 is 0 Å². The number of ether oxygens (including phenoxy) is 1. The molecule has 1 amide bonds. The Morgan fingerprint density at radius 3 is 2.42 bits per heavy atom. The van der Waals surface area contributed by atoms with E-state index in [0.29, 0.717) is 5.75 Å². The number of rotatable bonds is 5. The lowest BCUT2D eigenvalue weighted by Crippen LogP contribution is -2.29. The second-order valence-electron chi connectivity index (χ2n) is 3.84. The molecule has 19 heavy (non-hydrogen) atoms. The number of carbonyl (C=O) groups excluding carboxylic acids is 1. The Morgan fingerprint density at radius 2 is 1.89 bits per heavy atom. The van der Waals surface area contributed by atoms with Crippen LogP contribution in [-0.4, -0.2) is 42.6 Å². The molecule has 0 spiro atoms. The molecule has 0 fully saturated rings. The quantitative estimate of drug-likeness (QED) is 0.908. The molecule has 0 saturated heterocycles. The zero-order chi connectivity index (χ0) is 14.6. The van der Waals surface area contributed by atoms with Gasteiger partial charge in [0.1, 0.15) is 5.75 Å². The van der Waals surface area contributed by atoms with Gasteiger partial charge in [0.15, 0.2) is 0 Å². The fourth-order valence-corrected chi connectivity index (χ4v) is 1.75. The Hall–Kier alpha value is -1.46. The number of hydrogen-bond acceptors (Lipinski definition) is 3. The molecule has 0 heterocycles. The topological polar surface area (TPSA) is 66.8 Å². The van der Waals surface area contributed by atoms with Gasteiger partial charge in [-0.25, -0.2) is 0 Å². The van der Waals surface area contributed by atoms with Crippen molar-refractivity contribution in [2.24, 2.45) is 0 Å². The first-order valence-corrected chi connectivity index (χ1v) is 6.12. The maximum Gasteiger partial charge on any atom is 0.305 e. The number of carboxylic acids is 1. The lowest BCUT2D eigenvalue weighted by Gasteiger charge is -2.18. The fourth-order valence-electron chi connectivity index (χ4n) is 1.44. The Kier molecular flexibility index (Phi) is 5.44. The van der Waals surface area contributed by atoms with Gasteiger partial charge in [-0.1, -0.05) is 23.2 Å². The van der Waals surface area contributed by atoms with Crippen molar-refractivity contribution >= 4 is 35.1 Å². The summed E-state index contributed by atoms with van der Waals surface area (Å²) < 4.78 is 5.07. The number of hydrogen-bond donors (Lipinski definition) is 1. The molecule has 0 bridgehead atoms. The van der Waals surface area contributed by atoms with E-state index < -0.39 is 5.97 Å². The monoisotopic (exact) mass is 305 g/mol. The van der Waals surface area contributed by atoms with E-state index in [4.69, 9.17) is 33.0 Å². The van der Waals surface area contributed by atoms with Crippen LogP contribution in [0.5, 0.6) is 5.75 Å². The minimum atomic E-state index is -0.972. The van der Waals surface area contributed by atoms with Gasteiger partial charge in [0.05, 0.1) is 29.1 Å². The van der Waals surface area contributed by atoms with Crippen LogP contribution in [0.15, 0.2) is 12.1 Å². The van der Waals surface area contributed by atoms with Crippen LogP contribution in [0.3, 0.4) is 0 Å². The number of nitrogens with zero attached hydrogens (tertiary/aromatic N) is 1. The molecule has 1 N–H and O–H groups in total. The average molecular weight is 306 g/mol. The number of aliphatic carboxylic acids is 1. The Balaban J connectivity index is 2.98. The fraction of sp³-hybridized carbons (Fsp3) is 0.333. The van der Waals surface area contributed by atoms with E-state index in [1.807, 2.05) is 0 Å². The average Bonchev–Trinajstić information content (AvgIpc) is 2.37. The van der Waals surface area contributed by atoms with Crippen molar-refractivity contribution in [1.29, 1.82) is 0 Å². The summed E-state index contributed by atoms with van der Waals surface area (Å²) in [4.78, 5) is 23.9. The second-order valence-corrected chi connectivity index (χ2v) is 4.65. The standard InChI is InChI=1S/C12H13Cl2NO4/c1-15(4-3-11(16)17)12(18)7-5-8(13)9(14)6-10(7)19-2/h5-6H,3-4H2,1-2H3,(H,16,17). The summed E-state index contributed by atoms with van der Waals surface area (Å²) in [5, 5.41) is 9.11. The van der Waals surface area contributed by atoms with Gasteiger partial charge < -0.3 is 14.7 Å². The first-order chi connectivity index (χ1) is 8.86. The predicted molar refractivity (Wildman–Crippen MR) is 72.2 cm³/mol. The van der Waals surface area contributed by atoms with Crippen molar-refractivity contribution in [3.8, 4) is 5.75 Å². The zero-order valence-electron chi connectivity index (χ0n) is 10.4. The van der Waals surface area contributed by atoms with Crippen molar-refractivity contribution in [3.63, 3.8) is 0 Å². The molecule has 0 atom stereocenters. The summed E-state index contributed by atoms with van der Waals surface area (Å²) in [6.45, 7) is 0.0948. The van der Waals surface area contributed by atoms with Gasteiger partial charge in [-0.05, 0) is 6.07 Å².